The van der Waals surface area contributed by atoms with Gasteiger partial charge in [0.2, 0.25) is 0 Å². The van der Waals surface area contributed by atoms with Crippen LogP contribution in [0.2, 0.25) is 0 Å². The number of rotatable bonds is 5. The fourth-order valence-corrected chi connectivity index (χ4v) is 1.83. The Hall–Kier alpha value is -2.33. The van der Waals surface area contributed by atoms with E-state index in [2.05, 4.69) is 5.32 Å². The fraction of sp³-hybridized carbons (Fsp3) is 0.278. The van der Waals surface area contributed by atoms with Gasteiger partial charge in [0.1, 0.15) is 12.4 Å². The molecule has 0 aliphatic heterocycles. The van der Waals surface area contributed by atoms with Gasteiger partial charge in [-0.1, -0.05) is 23.8 Å². The Morgan fingerprint density at radius 1 is 1.18 bits per heavy atom. The normalized spacial score (nSPS) is 11.1. The molecule has 0 aliphatic carbocycles. The van der Waals surface area contributed by atoms with Gasteiger partial charge in [0, 0.05) is 11.3 Å². The third-order valence-electron chi connectivity index (χ3n) is 3.00. The summed E-state index contributed by atoms with van der Waals surface area (Å²) in [4.78, 5) is 12.2. The van der Waals surface area contributed by atoms with Gasteiger partial charge in [-0.2, -0.15) is 0 Å². The minimum atomic E-state index is -0.917. The maximum Gasteiger partial charge on any atom is 0.255 e. The quantitative estimate of drug-likeness (QED) is 0.889. The summed E-state index contributed by atoms with van der Waals surface area (Å²) < 4.78 is 5.50. The van der Waals surface area contributed by atoms with E-state index in [9.17, 15) is 9.90 Å². The van der Waals surface area contributed by atoms with Crippen molar-refractivity contribution in [2.24, 2.45) is 0 Å². The van der Waals surface area contributed by atoms with Crippen molar-refractivity contribution in [1.29, 1.82) is 0 Å². The SMILES string of the molecule is Cc1ccc(NC(=O)c2cccc(OCC(C)(C)O)c2)cc1. The number of carbonyl (C=O) groups is 1. The minimum absolute atomic E-state index is 0.163. The van der Waals surface area contributed by atoms with Gasteiger partial charge < -0.3 is 15.2 Å². The van der Waals surface area contributed by atoms with Crippen LogP contribution in [-0.4, -0.2) is 23.2 Å². The predicted molar refractivity (Wildman–Crippen MR) is 87.4 cm³/mol. The zero-order chi connectivity index (χ0) is 16.2. The van der Waals surface area contributed by atoms with Crippen molar-refractivity contribution in [3.8, 4) is 5.75 Å². The average Bonchev–Trinajstić information content (AvgIpc) is 2.47. The topological polar surface area (TPSA) is 58.6 Å². The minimum Gasteiger partial charge on any atom is -0.491 e. The number of carbonyl (C=O) groups excluding carboxylic acids is 1. The number of hydrogen-bond donors (Lipinski definition) is 2. The summed E-state index contributed by atoms with van der Waals surface area (Å²) in [7, 11) is 0. The molecule has 116 valence electrons. The second-order valence-electron chi connectivity index (χ2n) is 5.95. The van der Waals surface area contributed by atoms with Gasteiger partial charge >= 0.3 is 0 Å². The Kier molecular flexibility index (Phi) is 4.83. The van der Waals surface area contributed by atoms with Gasteiger partial charge in [-0.05, 0) is 51.1 Å². The third-order valence-corrected chi connectivity index (χ3v) is 3.00. The smallest absolute Gasteiger partial charge is 0.255 e. The molecule has 0 bridgehead atoms. The van der Waals surface area contributed by atoms with Crippen molar-refractivity contribution in [2.75, 3.05) is 11.9 Å². The second-order valence-corrected chi connectivity index (χ2v) is 5.95. The van der Waals surface area contributed by atoms with Crippen LogP contribution in [-0.2, 0) is 0 Å². The van der Waals surface area contributed by atoms with Crippen LogP contribution >= 0.6 is 0 Å². The molecule has 0 aliphatic rings. The van der Waals surface area contributed by atoms with Crippen LogP contribution < -0.4 is 10.1 Å². The van der Waals surface area contributed by atoms with Crippen LogP contribution in [0, 0.1) is 6.92 Å². The highest BCUT2D eigenvalue weighted by Crippen LogP contribution is 2.17. The molecular weight excluding hydrogens is 278 g/mol. The lowest BCUT2D eigenvalue weighted by Gasteiger charge is -2.18. The Morgan fingerprint density at radius 3 is 2.50 bits per heavy atom. The number of nitrogens with one attached hydrogen (secondary N) is 1. The number of aliphatic hydroxyl groups is 1. The number of hydrogen-bond acceptors (Lipinski definition) is 3. The first-order valence-corrected chi connectivity index (χ1v) is 7.17. The van der Waals surface area contributed by atoms with Crippen molar-refractivity contribution >= 4 is 11.6 Å². The molecule has 4 heteroatoms. The molecule has 1 amide bonds. The van der Waals surface area contributed by atoms with Gasteiger partial charge in [0.05, 0.1) is 5.60 Å². The molecular formula is C18H21NO3. The average molecular weight is 299 g/mol. The van der Waals surface area contributed by atoms with E-state index in [-0.39, 0.29) is 12.5 Å². The summed E-state index contributed by atoms with van der Waals surface area (Å²) in [5.74, 6) is 0.358. The summed E-state index contributed by atoms with van der Waals surface area (Å²) in [6.45, 7) is 5.49. The summed E-state index contributed by atoms with van der Waals surface area (Å²) in [5, 5.41) is 12.5. The van der Waals surface area contributed by atoms with Crippen LogP contribution in [0.5, 0.6) is 5.75 Å². The Bertz CT molecular complexity index is 642. The van der Waals surface area contributed by atoms with Crippen LogP contribution in [0.15, 0.2) is 48.5 Å². The zero-order valence-corrected chi connectivity index (χ0v) is 13.1. The largest absolute Gasteiger partial charge is 0.491 e. The lowest BCUT2D eigenvalue weighted by atomic mass is 10.1. The summed E-state index contributed by atoms with van der Waals surface area (Å²) in [5.41, 5.74) is 1.48. The summed E-state index contributed by atoms with van der Waals surface area (Å²) >= 11 is 0. The highest BCUT2D eigenvalue weighted by molar-refractivity contribution is 6.04. The molecule has 2 aromatic carbocycles. The molecule has 0 saturated carbocycles. The van der Waals surface area contributed by atoms with E-state index < -0.39 is 5.60 Å². The van der Waals surface area contributed by atoms with Gasteiger partial charge in [0.15, 0.2) is 0 Å². The van der Waals surface area contributed by atoms with E-state index in [1.807, 2.05) is 31.2 Å². The highest BCUT2D eigenvalue weighted by atomic mass is 16.5. The number of ether oxygens (including phenoxy) is 1. The second kappa shape index (κ2) is 6.62. The molecule has 0 aromatic heterocycles. The van der Waals surface area contributed by atoms with Gasteiger partial charge in [0.25, 0.3) is 5.91 Å². The summed E-state index contributed by atoms with van der Waals surface area (Å²) in [6, 6.07) is 14.5. The molecule has 0 radical (unpaired) electrons. The van der Waals surface area contributed by atoms with Gasteiger partial charge in [-0.25, -0.2) is 0 Å². The van der Waals surface area contributed by atoms with Gasteiger partial charge in [-0.15, -0.1) is 0 Å². The number of amides is 1. The van der Waals surface area contributed by atoms with E-state index >= 15 is 0 Å². The molecule has 4 nitrogen and oxygen atoms in total. The monoisotopic (exact) mass is 299 g/mol. The Morgan fingerprint density at radius 2 is 1.86 bits per heavy atom. The molecule has 0 atom stereocenters. The molecule has 0 fully saturated rings. The lowest BCUT2D eigenvalue weighted by Crippen LogP contribution is -2.27. The van der Waals surface area contributed by atoms with E-state index in [1.54, 1.807) is 38.1 Å². The first-order valence-electron chi connectivity index (χ1n) is 7.17. The van der Waals surface area contributed by atoms with Crippen LogP contribution in [0.25, 0.3) is 0 Å². The van der Waals surface area contributed by atoms with Crippen molar-refractivity contribution in [3.05, 3.63) is 59.7 Å². The van der Waals surface area contributed by atoms with Crippen molar-refractivity contribution in [3.63, 3.8) is 0 Å². The molecule has 0 spiro atoms. The van der Waals surface area contributed by atoms with Crippen LogP contribution in [0.1, 0.15) is 29.8 Å². The Labute approximate surface area is 130 Å². The molecule has 0 saturated heterocycles. The van der Waals surface area contributed by atoms with Gasteiger partial charge in [-0.3, -0.25) is 4.79 Å². The fourth-order valence-electron chi connectivity index (χ4n) is 1.83. The third kappa shape index (κ3) is 4.90. The first kappa shape index (κ1) is 16.0. The van der Waals surface area contributed by atoms with E-state index in [1.165, 1.54) is 0 Å². The number of aryl methyl sites for hydroxylation is 1. The van der Waals surface area contributed by atoms with Crippen molar-refractivity contribution in [2.45, 2.75) is 26.4 Å². The van der Waals surface area contributed by atoms with Crippen molar-refractivity contribution in [1.82, 2.24) is 0 Å². The number of anilines is 1. The maximum atomic E-state index is 12.2. The standard InChI is InChI=1S/C18H21NO3/c1-13-7-9-15(10-8-13)19-17(20)14-5-4-6-16(11-14)22-12-18(2,3)21/h4-11,21H,12H2,1-3H3,(H,19,20). The Balaban J connectivity index is 2.05. The molecule has 22 heavy (non-hydrogen) atoms. The summed E-state index contributed by atoms with van der Waals surface area (Å²) in [6.07, 6.45) is 0. The molecule has 2 N–H and O–H groups in total. The van der Waals surface area contributed by atoms with Crippen LogP contribution in [0.4, 0.5) is 5.69 Å². The number of benzene rings is 2. The van der Waals surface area contributed by atoms with Crippen molar-refractivity contribution < 1.29 is 14.6 Å². The molecule has 2 aromatic rings. The van der Waals surface area contributed by atoms with E-state index in [4.69, 9.17) is 4.74 Å². The maximum absolute atomic E-state index is 12.2. The highest BCUT2D eigenvalue weighted by Gasteiger charge is 2.14. The zero-order valence-electron chi connectivity index (χ0n) is 13.1. The molecule has 0 unspecified atom stereocenters. The molecule has 2 rings (SSSR count). The molecule has 0 heterocycles. The predicted octanol–water partition coefficient (Wildman–Crippen LogP) is 3.40. The van der Waals surface area contributed by atoms with E-state index in [0.29, 0.717) is 11.3 Å². The van der Waals surface area contributed by atoms with E-state index in [0.717, 1.165) is 11.3 Å². The van der Waals surface area contributed by atoms with Crippen LogP contribution in [0.3, 0.4) is 0 Å². The lowest BCUT2D eigenvalue weighted by molar-refractivity contribution is 0.0285. The first-order chi connectivity index (χ1) is 10.3.